The first-order valence-electron chi connectivity index (χ1n) is 7.94. The number of nitrogens with one attached hydrogen (secondary N) is 2. The van der Waals surface area contributed by atoms with Gasteiger partial charge in [-0.25, -0.2) is 4.98 Å². The third kappa shape index (κ3) is 4.24. The van der Waals surface area contributed by atoms with Crippen LogP contribution >= 0.6 is 11.3 Å². The lowest BCUT2D eigenvalue weighted by molar-refractivity contribution is -0.123. The number of anilines is 2. The molecule has 0 atom stereocenters. The number of carbonyl (C=O) groups is 2. The van der Waals surface area contributed by atoms with Crippen LogP contribution in [0.25, 0.3) is 4.96 Å². The number of imidazole rings is 1. The van der Waals surface area contributed by atoms with E-state index in [9.17, 15) is 9.59 Å². The number of hydrogen-bond donors (Lipinski definition) is 2. The van der Waals surface area contributed by atoms with Gasteiger partial charge in [0.2, 0.25) is 11.8 Å². The van der Waals surface area contributed by atoms with Crippen LogP contribution in [0.2, 0.25) is 0 Å². The van der Waals surface area contributed by atoms with Gasteiger partial charge in [-0.3, -0.25) is 14.0 Å². The number of amides is 2. The highest BCUT2D eigenvalue weighted by molar-refractivity contribution is 7.15. The molecular formula is C18H20N4O2S. The van der Waals surface area contributed by atoms with Crippen molar-refractivity contribution in [1.82, 2.24) is 9.38 Å². The number of thiazole rings is 1. The van der Waals surface area contributed by atoms with Gasteiger partial charge in [0, 0.05) is 34.6 Å². The minimum Gasteiger partial charge on any atom is -0.326 e. The molecule has 0 spiro atoms. The van der Waals surface area contributed by atoms with Crippen LogP contribution in [0.4, 0.5) is 11.4 Å². The first-order valence-corrected chi connectivity index (χ1v) is 8.82. The predicted molar refractivity (Wildman–Crippen MR) is 99.9 cm³/mol. The molecule has 0 bridgehead atoms. The molecule has 0 radical (unpaired) electrons. The summed E-state index contributed by atoms with van der Waals surface area (Å²) >= 11 is 1.53. The molecule has 25 heavy (non-hydrogen) atoms. The Morgan fingerprint density at radius 2 is 1.92 bits per heavy atom. The van der Waals surface area contributed by atoms with Crippen LogP contribution in [0.15, 0.2) is 42.0 Å². The van der Waals surface area contributed by atoms with E-state index in [4.69, 9.17) is 0 Å². The van der Waals surface area contributed by atoms with Gasteiger partial charge in [-0.1, -0.05) is 26.8 Å². The van der Waals surface area contributed by atoms with Gasteiger partial charge in [-0.2, -0.15) is 0 Å². The standard InChI is InChI=1S/C18H20N4O2S/c1-18(2,3)16(24)20-13-6-4-5-12(9-13)19-15(23)10-14-11-22-7-8-25-17(22)21-14/h4-9,11H,10H2,1-3H3,(H,19,23)(H,20,24). The second-order valence-electron chi connectivity index (χ2n) is 6.83. The number of hydrogen-bond acceptors (Lipinski definition) is 4. The van der Waals surface area contributed by atoms with Crippen molar-refractivity contribution in [2.24, 2.45) is 5.41 Å². The number of fused-ring (bicyclic) bond motifs is 1. The number of rotatable bonds is 4. The van der Waals surface area contributed by atoms with E-state index in [1.54, 1.807) is 24.3 Å². The van der Waals surface area contributed by atoms with Crippen molar-refractivity contribution in [3.8, 4) is 0 Å². The molecule has 7 heteroatoms. The number of benzene rings is 1. The quantitative estimate of drug-likeness (QED) is 0.750. The lowest BCUT2D eigenvalue weighted by Crippen LogP contribution is -2.27. The van der Waals surface area contributed by atoms with E-state index in [0.29, 0.717) is 11.4 Å². The highest BCUT2D eigenvalue weighted by Crippen LogP contribution is 2.20. The van der Waals surface area contributed by atoms with Crippen molar-refractivity contribution < 1.29 is 9.59 Å². The molecule has 2 heterocycles. The Kier molecular flexibility index (Phi) is 4.59. The summed E-state index contributed by atoms with van der Waals surface area (Å²) in [5.41, 5.74) is 1.53. The molecule has 3 aromatic rings. The maximum absolute atomic E-state index is 12.2. The zero-order valence-corrected chi connectivity index (χ0v) is 15.2. The van der Waals surface area contributed by atoms with Gasteiger partial charge in [0.05, 0.1) is 12.1 Å². The Labute approximate surface area is 149 Å². The van der Waals surface area contributed by atoms with Crippen molar-refractivity contribution in [2.45, 2.75) is 27.2 Å². The van der Waals surface area contributed by atoms with Crippen molar-refractivity contribution >= 4 is 39.5 Å². The first kappa shape index (κ1) is 17.2. The third-order valence-corrected chi connectivity index (χ3v) is 4.34. The lowest BCUT2D eigenvalue weighted by atomic mass is 9.95. The van der Waals surface area contributed by atoms with Crippen molar-refractivity contribution in [3.63, 3.8) is 0 Å². The summed E-state index contributed by atoms with van der Waals surface area (Å²) in [6.07, 6.45) is 3.97. The maximum Gasteiger partial charge on any atom is 0.230 e. The van der Waals surface area contributed by atoms with Crippen molar-refractivity contribution in [3.05, 3.63) is 47.7 Å². The molecule has 0 aliphatic carbocycles. The van der Waals surface area contributed by atoms with Crippen LogP contribution in [-0.4, -0.2) is 21.2 Å². The zero-order chi connectivity index (χ0) is 18.0. The number of nitrogens with zero attached hydrogens (tertiary/aromatic N) is 2. The Hall–Kier alpha value is -2.67. The normalized spacial score (nSPS) is 11.5. The summed E-state index contributed by atoms with van der Waals surface area (Å²) < 4.78 is 1.90. The summed E-state index contributed by atoms with van der Waals surface area (Å²) in [5, 5.41) is 7.65. The molecule has 0 aliphatic rings. The van der Waals surface area contributed by atoms with Gasteiger partial charge in [-0.15, -0.1) is 11.3 Å². The minimum absolute atomic E-state index is 0.0749. The molecule has 2 N–H and O–H groups in total. The summed E-state index contributed by atoms with van der Waals surface area (Å²) in [4.78, 5) is 29.6. The highest BCUT2D eigenvalue weighted by Gasteiger charge is 2.21. The topological polar surface area (TPSA) is 75.5 Å². The fraction of sp³-hybridized carbons (Fsp3) is 0.278. The third-order valence-electron chi connectivity index (χ3n) is 3.57. The highest BCUT2D eigenvalue weighted by atomic mass is 32.1. The molecule has 2 amide bonds. The molecule has 1 aromatic carbocycles. The molecule has 0 fully saturated rings. The van der Waals surface area contributed by atoms with E-state index in [2.05, 4.69) is 15.6 Å². The molecule has 0 saturated carbocycles. The van der Waals surface area contributed by atoms with Crippen LogP contribution in [-0.2, 0) is 16.0 Å². The van der Waals surface area contributed by atoms with Gasteiger partial charge in [0.1, 0.15) is 0 Å². The lowest BCUT2D eigenvalue weighted by Gasteiger charge is -2.18. The van der Waals surface area contributed by atoms with Crippen molar-refractivity contribution in [2.75, 3.05) is 10.6 Å². The van der Waals surface area contributed by atoms with E-state index in [1.165, 1.54) is 11.3 Å². The zero-order valence-electron chi connectivity index (χ0n) is 14.4. The maximum atomic E-state index is 12.2. The fourth-order valence-electron chi connectivity index (χ4n) is 2.22. The summed E-state index contributed by atoms with van der Waals surface area (Å²) in [5.74, 6) is -0.223. The van der Waals surface area contributed by atoms with E-state index in [1.807, 2.05) is 42.9 Å². The Morgan fingerprint density at radius 3 is 2.60 bits per heavy atom. The fourth-order valence-corrected chi connectivity index (χ4v) is 2.94. The smallest absolute Gasteiger partial charge is 0.230 e. The van der Waals surface area contributed by atoms with Crippen LogP contribution < -0.4 is 10.6 Å². The summed E-state index contributed by atoms with van der Waals surface area (Å²) in [7, 11) is 0. The SMILES string of the molecule is CC(C)(C)C(=O)Nc1cccc(NC(=O)Cc2cn3ccsc3n2)c1. The Morgan fingerprint density at radius 1 is 1.20 bits per heavy atom. The van der Waals surface area contributed by atoms with Gasteiger partial charge >= 0.3 is 0 Å². The van der Waals surface area contributed by atoms with E-state index >= 15 is 0 Å². The van der Waals surface area contributed by atoms with Gasteiger partial charge < -0.3 is 10.6 Å². The molecule has 0 unspecified atom stereocenters. The molecular weight excluding hydrogens is 336 g/mol. The average Bonchev–Trinajstić information content (AvgIpc) is 3.07. The van der Waals surface area contributed by atoms with Crippen LogP contribution in [0, 0.1) is 5.41 Å². The second-order valence-corrected chi connectivity index (χ2v) is 7.71. The largest absolute Gasteiger partial charge is 0.326 e. The van der Waals surface area contributed by atoms with Gasteiger partial charge in [0.25, 0.3) is 0 Å². The molecule has 0 saturated heterocycles. The Balaban J connectivity index is 1.64. The Bertz CT molecular complexity index is 892. The monoisotopic (exact) mass is 356 g/mol. The first-order chi connectivity index (χ1) is 11.8. The predicted octanol–water partition coefficient (Wildman–Crippen LogP) is 3.56. The number of carbonyl (C=O) groups excluding carboxylic acids is 2. The van der Waals surface area contributed by atoms with E-state index < -0.39 is 5.41 Å². The molecule has 2 aromatic heterocycles. The minimum atomic E-state index is -0.479. The number of aromatic nitrogens is 2. The van der Waals surface area contributed by atoms with Gasteiger partial charge in [0.15, 0.2) is 4.96 Å². The molecule has 130 valence electrons. The summed E-state index contributed by atoms with van der Waals surface area (Å²) in [6.45, 7) is 5.55. The molecule has 6 nitrogen and oxygen atoms in total. The molecule has 3 rings (SSSR count). The second kappa shape index (κ2) is 6.68. The van der Waals surface area contributed by atoms with E-state index in [-0.39, 0.29) is 18.2 Å². The average molecular weight is 356 g/mol. The summed E-state index contributed by atoms with van der Waals surface area (Å²) in [6, 6.07) is 7.12. The van der Waals surface area contributed by atoms with Crippen LogP contribution in [0.3, 0.4) is 0 Å². The van der Waals surface area contributed by atoms with Crippen LogP contribution in [0.1, 0.15) is 26.5 Å². The van der Waals surface area contributed by atoms with E-state index in [0.717, 1.165) is 10.7 Å². The van der Waals surface area contributed by atoms with Gasteiger partial charge in [-0.05, 0) is 18.2 Å². The van der Waals surface area contributed by atoms with Crippen LogP contribution in [0.5, 0.6) is 0 Å². The molecule has 0 aliphatic heterocycles. The van der Waals surface area contributed by atoms with Crippen molar-refractivity contribution in [1.29, 1.82) is 0 Å².